The third kappa shape index (κ3) is 4.93. The van der Waals surface area contributed by atoms with Crippen LogP contribution in [0.25, 0.3) is 0 Å². The molecule has 1 aromatic rings. The van der Waals surface area contributed by atoms with Crippen LogP contribution in [0.5, 0.6) is 0 Å². The average molecular weight is 209 g/mol. The second-order valence-corrected chi connectivity index (χ2v) is 4.10. The lowest BCUT2D eigenvalue weighted by atomic mass is 9.96. The number of hydrogen-bond donors (Lipinski definition) is 1. The van der Waals surface area contributed by atoms with E-state index in [0.717, 1.165) is 0 Å². The van der Waals surface area contributed by atoms with E-state index in [1.165, 1.54) is 11.3 Å². The second kappa shape index (κ2) is 7.41. The summed E-state index contributed by atoms with van der Waals surface area (Å²) in [5.41, 5.74) is 2.63. The molecule has 0 aliphatic carbocycles. The van der Waals surface area contributed by atoms with E-state index < -0.39 is 0 Å². The van der Waals surface area contributed by atoms with Gasteiger partial charge in [0.05, 0.1) is 0 Å². The Morgan fingerprint density at radius 3 is 2.07 bits per heavy atom. The molecule has 0 saturated carbocycles. The van der Waals surface area contributed by atoms with Gasteiger partial charge in [-0.05, 0) is 30.4 Å². The van der Waals surface area contributed by atoms with E-state index in [1.54, 1.807) is 6.92 Å². The molecule has 0 fully saturated rings. The van der Waals surface area contributed by atoms with E-state index in [1.807, 2.05) is 12.3 Å². The van der Waals surface area contributed by atoms with Gasteiger partial charge in [0, 0.05) is 18.5 Å². The minimum absolute atomic E-state index is 0.250. The summed E-state index contributed by atoms with van der Waals surface area (Å²) in [6.07, 6.45) is 1.88. The van der Waals surface area contributed by atoms with Gasteiger partial charge in [-0.3, -0.25) is 4.98 Å². The standard InChI is InChI=1S/C11H17N.C2H6O/c1-8(2)10-6-5-7-12-11(10)9(3)4;1-2-3/h5-9H,1-4H3;3H,2H2,1H3. The van der Waals surface area contributed by atoms with Crippen molar-refractivity contribution in [2.24, 2.45) is 0 Å². The number of pyridine rings is 1. The van der Waals surface area contributed by atoms with Crippen LogP contribution in [0.4, 0.5) is 0 Å². The van der Waals surface area contributed by atoms with Crippen LogP contribution >= 0.6 is 0 Å². The maximum absolute atomic E-state index is 7.57. The molecule has 1 N–H and O–H groups in total. The molecule has 2 heteroatoms. The molecule has 2 nitrogen and oxygen atoms in total. The largest absolute Gasteiger partial charge is 0.397 e. The molecule has 0 aromatic carbocycles. The fourth-order valence-electron chi connectivity index (χ4n) is 1.40. The Balaban J connectivity index is 0.000000583. The van der Waals surface area contributed by atoms with E-state index in [2.05, 4.69) is 38.7 Å². The highest BCUT2D eigenvalue weighted by molar-refractivity contribution is 5.25. The molecule has 1 heterocycles. The van der Waals surface area contributed by atoms with Gasteiger partial charge in [0.25, 0.3) is 0 Å². The predicted octanol–water partition coefficient (Wildman–Crippen LogP) is 3.33. The smallest absolute Gasteiger partial charge is 0.0463 e. The number of rotatable bonds is 2. The van der Waals surface area contributed by atoms with Crippen molar-refractivity contribution >= 4 is 0 Å². The predicted molar refractivity (Wildman–Crippen MR) is 65.2 cm³/mol. The van der Waals surface area contributed by atoms with Crippen molar-refractivity contribution in [3.8, 4) is 0 Å². The Labute approximate surface area is 93.4 Å². The van der Waals surface area contributed by atoms with E-state index in [0.29, 0.717) is 11.8 Å². The van der Waals surface area contributed by atoms with Gasteiger partial charge in [-0.1, -0.05) is 33.8 Å². The second-order valence-electron chi connectivity index (χ2n) is 4.10. The first-order valence-electron chi connectivity index (χ1n) is 5.60. The Morgan fingerprint density at radius 1 is 1.20 bits per heavy atom. The Bertz CT molecular complexity index is 242. The van der Waals surface area contributed by atoms with Crippen LogP contribution in [-0.2, 0) is 0 Å². The van der Waals surface area contributed by atoms with Gasteiger partial charge in [0.15, 0.2) is 0 Å². The molecule has 0 amide bonds. The van der Waals surface area contributed by atoms with Crippen LogP contribution in [0.3, 0.4) is 0 Å². The van der Waals surface area contributed by atoms with Crippen molar-refractivity contribution < 1.29 is 5.11 Å². The summed E-state index contributed by atoms with van der Waals surface area (Å²) in [6, 6.07) is 4.19. The fraction of sp³-hybridized carbons (Fsp3) is 0.615. The molecule has 0 spiro atoms. The Kier molecular flexibility index (Phi) is 6.97. The number of aliphatic hydroxyl groups excluding tert-OH is 1. The van der Waals surface area contributed by atoms with Crippen molar-refractivity contribution in [1.29, 1.82) is 0 Å². The van der Waals surface area contributed by atoms with Gasteiger partial charge in [0.2, 0.25) is 0 Å². The van der Waals surface area contributed by atoms with Crippen molar-refractivity contribution in [3.05, 3.63) is 29.6 Å². The Morgan fingerprint density at radius 2 is 1.73 bits per heavy atom. The molecular formula is C13H23NO. The summed E-state index contributed by atoms with van der Waals surface area (Å²) in [5.74, 6) is 1.11. The van der Waals surface area contributed by atoms with Gasteiger partial charge in [-0.2, -0.15) is 0 Å². The zero-order valence-electron chi connectivity index (χ0n) is 10.5. The molecule has 15 heavy (non-hydrogen) atoms. The van der Waals surface area contributed by atoms with Crippen LogP contribution in [-0.4, -0.2) is 16.7 Å². The maximum Gasteiger partial charge on any atom is 0.0463 e. The average Bonchev–Trinajstić information content (AvgIpc) is 2.19. The Hall–Kier alpha value is -0.890. The zero-order chi connectivity index (χ0) is 11.8. The molecule has 0 unspecified atom stereocenters. The SMILES string of the molecule is CC(C)c1cccnc1C(C)C.CCO. The summed E-state index contributed by atoms with van der Waals surface area (Å²) in [6.45, 7) is 10.7. The first kappa shape index (κ1) is 14.1. The lowest BCUT2D eigenvalue weighted by molar-refractivity contribution is 0.318. The summed E-state index contributed by atoms with van der Waals surface area (Å²) in [7, 11) is 0. The van der Waals surface area contributed by atoms with Gasteiger partial charge < -0.3 is 5.11 Å². The lowest BCUT2D eigenvalue weighted by Crippen LogP contribution is -2.00. The quantitative estimate of drug-likeness (QED) is 0.810. The normalized spacial score (nSPS) is 10.1. The van der Waals surface area contributed by atoms with Crippen molar-refractivity contribution in [2.45, 2.75) is 46.5 Å². The van der Waals surface area contributed by atoms with Crippen molar-refractivity contribution in [1.82, 2.24) is 4.98 Å². The number of aliphatic hydroxyl groups is 1. The van der Waals surface area contributed by atoms with Crippen LogP contribution in [0.1, 0.15) is 57.7 Å². The molecule has 0 aliphatic rings. The zero-order valence-corrected chi connectivity index (χ0v) is 10.5. The summed E-state index contributed by atoms with van der Waals surface area (Å²) in [5, 5.41) is 7.57. The highest BCUT2D eigenvalue weighted by Gasteiger charge is 2.09. The third-order valence-corrected chi connectivity index (χ3v) is 2.04. The first-order chi connectivity index (χ1) is 7.04. The van der Waals surface area contributed by atoms with E-state index in [4.69, 9.17) is 5.11 Å². The lowest BCUT2D eigenvalue weighted by Gasteiger charge is -2.13. The number of hydrogen-bond acceptors (Lipinski definition) is 2. The molecular weight excluding hydrogens is 186 g/mol. The number of aromatic nitrogens is 1. The van der Waals surface area contributed by atoms with Gasteiger partial charge >= 0.3 is 0 Å². The van der Waals surface area contributed by atoms with Gasteiger partial charge in [-0.25, -0.2) is 0 Å². The minimum Gasteiger partial charge on any atom is -0.397 e. The van der Waals surface area contributed by atoms with Crippen LogP contribution < -0.4 is 0 Å². The molecule has 1 aromatic heterocycles. The number of nitrogens with zero attached hydrogens (tertiary/aromatic N) is 1. The maximum atomic E-state index is 7.57. The summed E-state index contributed by atoms with van der Waals surface area (Å²) >= 11 is 0. The van der Waals surface area contributed by atoms with Crippen LogP contribution in [0.2, 0.25) is 0 Å². The van der Waals surface area contributed by atoms with E-state index in [-0.39, 0.29) is 6.61 Å². The molecule has 0 saturated heterocycles. The van der Waals surface area contributed by atoms with Crippen LogP contribution in [0.15, 0.2) is 18.3 Å². The highest BCUT2D eigenvalue weighted by Crippen LogP contribution is 2.23. The molecule has 0 radical (unpaired) electrons. The van der Waals surface area contributed by atoms with Crippen LogP contribution in [0, 0.1) is 0 Å². The van der Waals surface area contributed by atoms with E-state index >= 15 is 0 Å². The topological polar surface area (TPSA) is 33.1 Å². The van der Waals surface area contributed by atoms with Gasteiger partial charge in [-0.15, -0.1) is 0 Å². The molecule has 0 bridgehead atoms. The monoisotopic (exact) mass is 209 g/mol. The minimum atomic E-state index is 0.250. The third-order valence-electron chi connectivity index (χ3n) is 2.04. The summed E-state index contributed by atoms with van der Waals surface area (Å²) in [4.78, 5) is 4.40. The van der Waals surface area contributed by atoms with E-state index in [9.17, 15) is 0 Å². The molecule has 0 atom stereocenters. The first-order valence-corrected chi connectivity index (χ1v) is 5.60. The summed E-state index contributed by atoms with van der Waals surface area (Å²) < 4.78 is 0. The molecule has 0 aliphatic heterocycles. The van der Waals surface area contributed by atoms with Crippen molar-refractivity contribution in [2.75, 3.05) is 6.61 Å². The highest BCUT2D eigenvalue weighted by atomic mass is 16.2. The van der Waals surface area contributed by atoms with Gasteiger partial charge in [0.1, 0.15) is 0 Å². The van der Waals surface area contributed by atoms with Crippen molar-refractivity contribution in [3.63, 3.8) is 0 Å². The fourth-order valence-corrected chi connectivity index (χ4v) is 1.40. The molecule has 1 rings (SSSR count). The molecule has 86 valence electrons.